The molecule has 0 bridgehead atoms. The Hall–Kier alpha value is 0.270. The first kappa shape index (κ1) is 10.4. The Morgan fingerprint density at radius 2 is 2.25 bits per heavy atom. The van der Waals surface area contributed by atoms with Crippen LogP contribution >= 0.6 is 11.8 Å². The molecule has 1 saturated heterocycles. The second-order valence-electron chi connectivity index (χ2n) is 3.66. The zero-order valence-electron chi connectivity index (χ0n) is 8.16. The van der Waals surface area contributed by atoms with Crippen LogP contribution in [0.4, 0.5) is 0 Å². The first-order valence-corrected chi connectivity index (χ1v) is 5.70. The van der Waals surface area contributed by atoms with Crippen LogP contribution in [0.5, 0.6) is 0 Å². The Labute approximate surface area is 79.3 Å². The normalized spacial score (nSPS) is 35.0. The summed E-state index contributed by atoms with van der Waals surface area (Å²) in [6.45, 7) is 8.33. The summed E-state index contributed by atoms with van der Waals surface area (Å²) >= 11 is 2.03. The van der Waals surface area contributed by atoms with Gasteiger partial charge in [-0.15, -0.1) is 0 Å². The van der Waals surface area contributed by atoms with E-state index in [0.717, 1.165) is 13.1 Å². The van der Waals surface area contributed by atoms with Crippen molar-refractivity contribution in [3.8, 4) is 0 Å². The van der Waals surface area contributed by atoms with E-state index in [1.807, 2.05) is 18.7 Å². The molecule has 0 spiro atoms. The summed E-state index contributed by atoms with van der Waals surface area (Å²) in [7, 11) is 0. The van der Waals surface area contributed by atoms with Crippen molar-refractivity contribution < 1.29 is 5.11 Å². The highest BCUT2D eigenvalue weighted by molar-refractivity contribution is 8.00. The van der Waals surface area contributed by atoms with Crippen LogP contribution in [0.25, 0.3) is 0 Å². The van der Waals surface area contributed by atoms with Gasteiger partial charge in [0, 0.05) is 30.1 Å². The lowest BCUT2D eigenvalue weighted by molar-refractivity contribution is 0.105. The van der Waals surface area contributed by atoms with E-state index in [4.69, 9.17) is 0 Å². The van der Waals surface area contributed by atoms with Crippen molar-refractivity contribution in [3.05, 3.63) is 0 Å². The molecule has 0 aromatic rings. The van der Waals surface area contributed by atoms with Crippen LogP contribution < -0.4 is 0 Å². The minimum atomic E-state index is -0.192. The van der Waals surface area contributed by atoms with E-state index in [9.17, 15) is 5.11 Å². The molecule has 1 aliphatic heterocycles. The van der Waals surface area contributed by atoms with Gasteiger partial charge in [-0.25, -0.2) is 0 Å². The van der Waals surface area contributed by atoms with Crippen LogP contribution in [0.2, 0.25) is 0 Å². The Morgan fingerprint density at radius 1 is 1.58 bits per heavy atom. The highest BCUT2D eigenvalue weighted by atomic mass is 32.2. The number of thioether (sulfide) groups is 1. The summed E-state index contributed by atoms with van der Waals surface area (Å²) in [5.41, 5.74) is 0. The maximum absolute atomic E-state index is 9.26. The van der Waals surface area contributed by atoms with Crippen molar-refractivity contribution in [2.45, 2.75) is 38.2 Å². The Morgan fingerprint density at radius 3 is 2.83 bits per heavy atom. The van der Waals surface area contributed by atoms with Gasteiger partial charge in [-0.05, 0) is 13.8 Å². The maximum atomic E-state index is 9.26. The number of hydrogen-bond acceptors (Lipinski definition) is 3. The van der Waals surface area contributed by atoms with Gasteiger partial charge in [0.05, 0.1) is 6.10 Å². The van der Waals surface area contributed by atoms with E-state index in [1.54, 1.807) is 0 Å². The molecule has 0 aliphatic carbocycles. The van der Waals surface area contributed by atoms with Gasteiger partial charge in [-0.2, -0.15) is 11.8 Å². The minimum absolute atomic E-state index is 0.192. The average Bonchev–Trinajstić information content (AvgIpc) is 1.98. The third-order valence-corrected chi connectivity index (χ3v) is 3.85. The van der Waals surface area contributed by atoms with Gasteiger partial charge in [0.1, 0.15) is 0 Å². The predicted octanol–water partition coefficient (Wildman–Crippen LogP) is 1.19. The van der Waals surface area contributed by atoms with Gasteiger partial charge in [0.25, 0.3) is 0 Å². The largest absolute Gasteiger partial charge is 0.392 e. The molecule has 0 saturated carbocycles. The molecular weight excluding hydrogens is 170 g/mol. The molecule has 0 aromatic heterocycles. The summed E-state index contributed by atoms with van der Waals surface area (Å²) in [6.07, 6.45) is -0.192. The van der Waals surface area contributed by atoms with Gasteiger partial charge >= 0.3 is 0 Å². The number of aliphatic hydroxyl groups is 1. The quantitative estimate of drug-likeness (QED) is 0.706. The van der Waals surface area contributed by atoms with Crippen molar-refractivity contribution in [2.75, 3.05) is 18.8 Å². The molecule has 1 heterocycles. The highest BCUT2D eigenvalue weighted by Crippen LogP contribution is 2.23. The Kier molecular flexibility index (Phi) is 3.87. The molecule has 1 aliphatic rings. The molecule has 3 atom stereocenters. The fourth-order valence-electron chi connectivity index (χ4n) is 1.59. The SMILES string of the molecule is CC1SCCN(C[C@H](C)O)C1C. The van der Waals surface area contributed by atoms with Crippen LogP contribution in [0.1, 0.15) is 20.8 Å². The third kappa shape index (κ3) is 2.64. The highest BCUT2D eigenvalue weighted by Gasteiger charge is 2.25. The second-order valence-corrected chi connectivity index (χ2v) is 5.15. The molecule has 1 N–H and O–H groups in total. The van der Waals surface area contributed by atoms with Crippen molar-refractivity contribution in [3.63, 3.8) is 0 Å². The average molecular weight is 189 g/mol. The zero-order valence-corrected chi connectivity index (χ0v) is 8.97. The predicted molar refractivity (Wildman–Crippen MR) is 54.6 cm³/mol. The fourth-order valence-corrected chi connectivity index (χ4v) is 2.75. The lowest BCUT2D eigenvalue weighted by Gasteiger charge is -2.38. The van der Waals surface area contributed by atoms with Crippen molar-refractivity contribution in [1.29, 1.82) is 0 Å². The lowest BCUT2D eigenvalue weighted by atomic mass is 10.2. The summed E-state index contributed by atoms with van der Waals surface area (Å²) in [5.74, 6) is 1.21. The molecule has 2 nitrogen and oxygen atoms in total. The van der Waals surface area contributed by atoms with E-state index in [2.05, 4.69) is 18.7 Å². The first-order chi connectivity index (χ1) is 5.61. The van der Waals surface area contributed by atoms with E-state index >= 15 is 0 Å². The molecule has 2 unspecified atom stereocenters. The molecule has 3 heteroatoms. The van der Waals surface area contributed by atoms with Crippen LogP contribution in [-0.2, 0) is 0 Å². The second kappa shape index (κ2) is 4.49. The first-order valence-electron chi connectivity index (χ1n) is 4.65. The molecular formula is C9H19NOS. The number of hydrogen-bond donors (Lipinski definition) is 1. The number of aliphatic hydroxyl groups excluding tert-OH is 1. The molecule has 0 aromatic carbocycles. The van der Waals surface area contributed by atoms with E-state index in [0.29, 0.717) is 11.3 Å². The van der Waals surface area contributed by atoms with Crippen molar-refractivity contribution in [1.82, 2.24) is 4.90 Å². The summed E-state index contributed by atoms with van der Waals surface area (Å²) in [6, 6.07) is 0.610. The third-order valence-electron chi connectivity index (χ3n) is 2.51. The van der Waals surface area contributed by atoms with Crippen LogP contribution in [0.15, 0.2) is 0 Å². The van der Waals surface area contributed by atoms with Gasteiger partial charge < -0.3 is 5.11 Å². The summed E-state index contributed by atoms with van der Waals surface area (Å²) in [5, 5.41) is 9.97. The minimum Gasteiger partial charge on any atom is -0.392 e. The smallest absolute Gasteiger partial charge is 0.0639 e. The van der Waals surface area contributed by atoms with Crippen molar-refractivity contribution in [2.24, 2.45) is 0 Å². The summed E-state index contributed by atoms with van der Waals surface area (Å²) < 4.78 is 0. The number of rotatable bonds is 2. The summed E-state index contributed by atoms with van der Waals surface area (Å²) in [4.78, 5) is 2.38. The van der Waals surface area contributed by atoms with E-state index in [-0.39, 0.29) is 6.10 Å². The maximum Gasteiger partial charge on any atom is 0.0639 e. The van der Waals surface area contributed by atoms with Crippen LogP contribution in [0, 0.1) is 0 Å². The zero-order chi connectivity index (χ0) is 9.14. The van der Waals surface area contributed by atoms with Gasteiger partial charge in [-0.3, -0.25) is 4.90 Å². The lowest BCUT2D eigenvalue weighted by Crippen LogP contribution is -2.47. The Balaban J connectivity index is 2.41. The van der Waals surface area contributed by atoms with Crippen LogP contribution in [0.3, 0.4) is 0 Å². The van der Waals surface area contributed by atoms with Crippen molar-refractivity contribution >= 4 is 11.8 Å². The van der Waals surface area contributed by atoms with Gasteiger partial charge in [0.2, 0.25) is 0 Å². The molecule has 12 heavy (non-hydrogen) atoms. The molecule has 1 rings (SSSR count). The fraction of sp³-hybridized carbons (Fsp3) is 1.00. The van der Waals surface area contributed by atoms with E-state index < -0.39 is 0 Å². The number of nitrogens with zero attached hydrogens (tertiary/aromatic N) is 1. The van der Waals surface area contributed by atoms with Gasteiger partial charge in [0.15, 0.2) is 0 Å². The molecule has 0 radical (unpaired) electrons. The molecule has 72 valence electrons. The monoisotopic (exact) mass is 189 g/mol. The van der Waals surface area contributed by atoms with Gasteiger partial charge in [-0.1, -0.05) is 6.92 Å². The standard InChI is InChI=1S/C9H19NOS/c1-7(11)6-10-4-5-12-9(3)8(10)2/h7-9,11H,4-6H2,1-3H3/t7-,8?,9?/m0/s1. The topological polar surface area (TPSA) is 23.5 Å². The Bertz CT molecular complexity index is 140. The number of β-amino-alcohol motifs (C(OH)–C–C–N with tert-alkyl or cyclic N) is 1. The molecule has 0 amide bonds. The molecule has 1 fully saturated rings. The van der Waals surface area contributed by atoms with Crippen LogP contribution in [-0.4, -0.2) is 46.2 Å². The van der Waals surface area contributed by atoms with E-state index in [1.165, 1.54) is 5.75 Å².